The summed E-state index contributed by atoms with van der Waals surface area (Å²) in [5.41, 5.74) is -0.452. The van der Waals surface area contributed by atoms with Gasteiger partial charge in [-0.25, -0.2) is 0 Å². The first-order chi connectivity index (χ1) is 6.24. The van der Waals surface area contributed by atoms with Gasteiger partial charge in [0.2, 0.25) is 0 Å². The smallest absolute Gasteiger partial charge is 0.0837 e. The number of ether oxygens (including phenoxy) is 1. The van der Waals surface area contributed by atoms with Gasteiger partial charge >= 0.3 is 0 Å². The molecular weight excluding hydrogens is 166 g/mol. The van der Waals surface area contributed by atoms with Gasteiger partial charge < -0.3 is 14.7 Å². The molecule has 13 heavy (non-hydrogen) atoms. The van der Waals surface area contributed by atoms with Crippen molar-refractivity contribution in [2.75, 3.05) is 32.8 Å². The molecular formula is C10H19NO2. The molecule has 0 amide bonds. The summed E-state index contributed by atoms with van der Waals surface area (Å²) in [6.07, 6.45) is 1.96. The van der Waals surface area contributed by atoms with Crippen molar-refractivity contribution in [3.8, 4) is 0 Å². The van der Waals surface area contributed by atoms with E-state index in [1.165, 1.54) is 0 Å². The Morgan fingerprint density at radius 1 is 1.62 bits per heavy atom. The Morgan fingerprint density at radius 3 is 3.00 bits per heavy atom. The molecule has 0 radical (unpaired) electrons. The molecule has 3 nitrogen and oxygen atoms in total. The van der Waals surface area contributed by atoms with E-state index in [9.17, 15) is 5.11 Å². The molecule has 2 saturated heterocycles. The van der Waals surface area contributed by atoms with Gasteiger partial charge in [0.25, 0.3) is 0 Å². The minimum Gasteiger partial charge on any atom is -0.388 e. The van der Waals surface area contributed by atoms with E-state index in [1.807, 2.05) is 0 Å². The summed E-state index contributed by atoms with van der Waals surface area (Å²) in [6.45, 7) is 6.68. The van der Waals surface area contributed by atoms with Crippen LogP contribution in [0.3, 0.4) is 0 Å². The Labute approximate surface area is 79.7 Å². The van der Waals surface area contributed by atoms with Crippen LogP contribution in [0.4, 0.5) is 0 Å². The number of β-amino-alcohol motifs (C(OH)–C–C–N with tert-alkyl or cyclic N) is 1. The van der Waals surface area contributed by atoms with E-state index in [1.54, 1.807) is 0 Å². The Morgan fingerprint density at radius 2 is 2.46 bits per heavy atom. The Kier molecular flexibility index (Phi) is 2.58. The van der Waals surface area contributed by atoms with Gasteiger partial charge in [0.15, 0.2) is 0 Å². The molecule has 0 aromatic heterocycles. The van der Waals surface area contributed by atoms with E-state index >= 15 is 0 Å². The van der Waals surface area contributed by atoms with Crippen LogP contribution in [0.2, 0.25) is 0 Å². The van der Waals surface area contributed by atoms with Gasteiger partial charge in [0, 0.05) is 25.6 Å². The largest absolute Gasteiger partial charge is 0.388 e. The molecule has 2 unspecified atom stereocenters. The average Bonchev–Trinajstić information content (AvgIpc) is 2.72. The molecule has 76 valence electrons. The summed E-state index contributed by atoms with van der Waals surface area (Å²) in [5, 5.41) is 10.4. The van der Waals surface area contributed by atoms with Crippen molar-refractivity contribution in [3.05, 3.63) is 0 Å². The number of nitrogens with zero attached hydrogens (tertiary/aromatic N) is 1. The third-order valence-electron chi connectivity index (χ3n) is 3.50. The number of hydrogen-bond acceptors (Lipinski definition) is 3. The first-order valence-electron chi connectivity index (χ1n) is 5.27. The zero-order valence-electron chi connectivity index (χ0n) is 8.33. The summed E-state index contributed by atoms with van der Waals surface area (Å²) in [4.78, 5) is 2.32. The summed E-state index contributed by atoms with van der Waals surface area (Å²) >= 11 is 0. The van der Waals surface area contributed by atoms with Gasteiger partial charge in [-0.05, 0) is 19.4 Å². The van der Waals surface area contributed by atoms with Crippen LogP contribution in [0, 0.1) is 5.92 Å². The minimum absolute atomic E-state index is 0.379. The lowest BCUT2D eigenvalue weighted by molar-refractivity contribution is -0.0120. The number of hydrogen-bond donors (Lipinski definition) is 1. The molecule has 2 atom stereocenters. The van der Waals surface area contributed by atoms with E-state index in [0.717, 1.165) is 45.7 Å². The molecule has 3 heteroatoms. The normalized spacial score (nSPS) is 41.5. The topological polar surface area (TPSA) is 32.7 Å². The molecule has 2 fully saturated rings. The molecule has 2 aliphatic heterocycles. The van der Waals surface area contributed by atoms with Crippen LogP contribution in [0.1, 0.15) is 19.8 Å². The van der Waals surface area contributed by atoms with Crippen LogP contribution >= 0.6 is 0 Å². The fourth-order valence-corrected chi connectivity index (χ4v) is 2.46. The van der Waals surface area contributed by atoms with Crippen molar-refractivity contribution >= 4 is 0 Å². The Bertz CT molecular complexity index is 180. The predicted octanol–water partition coefficient (Wildman–Crippen LogP) is 0.480. The van der Waals surface area contributed by atoms with Gasteiger partial charge in [-0.15, -0.1) is 0 Å². The van der Waals surface area contributed by atoms with Crippen LogP contribution in [0.15, 0.2) is 0 Å². The molecule has 0 bridgehead atoms. The average molecular weight is 185 g/mol. The molecule has 0 aromatic rings. The first-order valence-corrected chi connectivity index (χ1v) is 5.27. The highest BCUT2D eigenvalue weighted by Crippen LogP contribution is 2.33. The van der Waals surface area contributed by atoms with Gasteiger partial charge in [-0.1, -0.05) is 6.92 Å². The quantitative estimate of drug-likeness (QED) is 0.679. The fraction of sp³-hybridized carbons (Fsp3) is 1.00. The minimum atomic E-state index is -0.452. The molecule has 2 aliphatic rings. The van der Waals surface area contributed by atoms with E-state index in [4.69, 9.17) is 4.74 Å². The highest BCUT2D eigenvalue weighted by atomic mass is 16.5. The van der Waals surface area contributed by atoms with Gasteiger partial charge in [0.05, 0.1) is 12.2 Å². The van der Waals surface area contributed by atoms with Crippen LogP contribution < -0.4 is 0 Å². The number of likely N-dealkylation sites (tertiary alicyclic amines) is 1. The van der Waals surface area contributed by atoms with Crippen LogP contribution in [0.5, 0.6) is 0 Å². The molecule has 2 rings (SSSR count). The molecule has 2 heterocycles. The third kappa shape index (κ3) is 1.73. The predicted molar refractivity (Wildman–Crippen MR) is 50.6 cm³/mol. The summed E-state index contributed by atoms with van der Waals surface area (Å²) in [7, 11) is 0. The zero-order valence-corrected chi connectivity index (χ0v) is 8.33. The summed E-state index contributed by atoms with van der Waals surface area (Å²) in [5.74, 6) is 0.379. The maximum absolute atomic E-state index is 10.4. The molecule has 1 N–H and O–H groups in total. The Balaban J connectivity index is 1.96. The number of likely N-dealkylation sites (N-methyl/N-ethyl adjacent to an activating group) is 1. The van der Waals surface area contributed by atoms with E-state index in [0.29, 0.717) is 5.92 Å². The van der Waals surface area contributed by atoms with Crippen LogP contribution in [-0.4, -0.2) is 48.5 Å². The fourth-order valence-electron chi connectivity index (χ4n) is 2.46. The summed E-state index contributed by atoms with van der Waals surface area (Å²) in [6, 6.07) is 0. The summed E-state index contributed by atoms with van der Waals surface area (Å²) < 4.78 is 5.33. The monoisotopic (exact) mass is 185 g/mol. The maximum Gasteiger partial charge on any atom is 0.0837 e. The third-order valence-corrected chi connectivity index (χ3v) is 3.50. The maximum atomic E-state index is 10.4. The van der Waals surface area contributed by atoms with Crippen LogP contribution in [-0.2, 0) is 4.74 Å². The lowest BCUT2D eigenvalue weighted by atomic mass is 9.86. The molecule has 0 saturated carbocycles. The first kappa shape index (κ1) is 9.44. The van der Waals surface area contributed by atoms with Gasteiger partial charge in [-0.2, -0.15) is 0 Å². The van der Waals surface area contributed by atoms with E-state index in [-0.39, 0.29) is 0 Å². The van der Waals surface area contributed by atoms with Crippen molar-refractivity contribution in [2.45, 2.75) is 25.4 Å². The highest BCUT2D eigenvalue weighted by Gasteiger charge is 2.43. The SMILES string of the molecule is CCN1CCC(O)(C2CCOC2)C1. The number of aliphatic hydroxyl groups is 1. The number of rotatable bonds is 2. The second-order valence-corrected chi connectivity index (χ2v) is 4.28. The Hall–Kier alpha value is -0.120. The molecule has 0 spiro atoms. The zero-order chi connectivity index (χ0) is 9.31. The lowest BCUT2D eigenvalue weighted by Crippen LogP contribution is -2.41. The molecule has 0 aromatic carbocycles. The van der Waals surface area contributed by atoms with E-state index in [2.05, 4.69) is 11.8 Å². The van der Waals surface area contributed by atoms with Crippen molar-refractivity contribution in [1.82, 2.24) is 4.90 Å². The van der Waals surface area contributed by atoms with Crippen molar-refractivity contribution in [2.24, 2.45) is 5.92 Å². The van der Waals surface area contributed by atoms with Crippen molar-refractivity contribution < 1.29 is 9.84 Å². The lowest BCUT2D eigenvalue weighted by Gasteiger charge is -2.28. The molecule has 0 aliphatic carbocycles. The second kappa shape index (κ2) is 3.56. The van der Waals surface area contributed by atoms with Crippen LogP contribution in [0.25, 0.3) is 0 Å². The van der Waals surface area contributed by atoms with Crippen molar-refractivity contribution in [1.29, 1.82) is 0 Å². The second-order valence-electron chi connectivity index (χ2n) is 4.28. The van der Waals surface area contributed by atoms with E-state index < -0.39 is 5.60 Å². The van der Waals surface area contributed by atoms with Crippen molar-refractivity contribution in [3.63, 3.8) is 0 Å². The van der Waals surface area contributed by atoms with Gasteiger partial charge in [-0.3, -0.25) is 0 Å². The highest BCUT2D eigenvalue weighted by molar-refractivity contribution is 4.96. The van der Waals surface area contributed by atoms with Gasteiger partial charge in [0.1, 0.15) is 0 Å². The standard InChI is InChI=1S/C10H19NO2/c1-2-11-5-4-10(12,8-11)9-3-6-13-7-9/h9,12H,2-8H2,1H3.